The van der Waals surface area contributed by atoms with Gasteiger partial charge >= 0.3 is 0 Å². The zero-order chi connectivity index (χ0) is 18.4. The first-order valence-electron chi connectivity index (χ1n) is 8.93. The van der Waals surface area contributed by atoms with Crippen LogP contribution < -0.4 is 14.8 Å². The van der Waals surface area contributed by atoms with E-state index in [1.54, 1.807) is 0 Å². The molecule has 2 aromatic rings. The third-order valence-corrected chi connectivity index (χ3v) is 4.36. The number of aryl methyl sites for hydroxylation is 1. The highest BCUT2D eigenvalue weighted by Gasteiger charge is 2.13. The van der Waals surface area contributed by atoms with Gasteiger partial charge in [0.15, 0.2) is 17.3 Å². The van der Waals surface area contributed by atoms with Crippen LogP contribution in [-0.2, 0) is 17.8 Å². The minimum absolute atomic E-state index is 0.0119. The molecule has 1 heterocycles. The summed E-state index contributed by atoms with van der Waals surface area (Å²) in [6, 6.07) is 13.2. The van der Waals surface area contributed by atoms with Gasteiger partial charge in [-0.25, -0.2) is 0 Å². The van der Waals surface area contributed by atoms with Crippen molar-refractivity contribution in [2.75, 3.05) is 13.2 Å². The lowest BCUT2D eigenvalue weighted by Gasteiger charge is -2.19. The molecule has 0 saturated heterocycles. The molecule has 26 heavy (non-hydrogen) atoms. The molecule has 3 rings (SSSR count). The van der Waals surface area contributed by atoms with Crippen LogP contribution in [0, 0.1) is 0 Å². The van der Waals surface area contributed by atoms with Gasteiger partial charge in [0.2, 0.25) is 5.91 Å². The highest BCUT2D eigenvalue weighted by Crippen LogP contribution is 2.30. The van der Waals surface area contributed by atoms with Gasteiger partial charge in [0, 0.05) is 24.9 Å². The third kappa shape index (κ3) is 4.63. The number of carbonyl (C=O) groups is 2. The van der Waals surface area contributed by atoms with Crippen molar-refractivity contribution in [3.8, 4) is 11.5 Å². The van der Waals surface area contributed by atoms with Crippen molar-refractivity contribution in [2.45, 2.75) is 32.7 Å². The van der Waals surface area contributed by atoms with E-state index in [0.29, 0.717) is 31.1 Å². The number of ether oxygens (including phenoxy) is 2. The van der Waals surface area contributed by atoms with Crippen molar-refractivity contribution in [3.63, 3.8) is 0 Å². The molecule has 136 valence electrons. The van der Waals surface area contributed by atoms with Crippen molar-refractivity contribution >= 4 is 11.7 Å². The average molecular weight is 353 g/mol. The minimum Gasteiger partial charge on any atom is -0.486 e. The molecule has 0 unspecified atom stereocenters. The number of carbonyl (C=O) groups excluding carboxylic acids is 2. The Labute approximate surface area is 153 Å². The lowest BCUT2D eigenvalue weighted by atomic mass is 10.0. The van der Waals surface area contributed by atoms with Crippen LogP contribution >= 0.6 is 0 Å². The Morgan fingerprint density at radius 1 is 0.923 bits per heavy atom. The lowest BCUT2D eigenvalue weighted by molar-refractivity contribution is -0.121. The molecule has 0 fully saturated rings. The number of hydrogen-bond donors (Lipinski definition) is 1. The van der Waals surface area contributed by atoms with E-state index in [1.165, 1.54) is 5.56 Å². The minimum atomic E-state index is -0.140. The lowest BCUT2D eigenvalue weighted by Crippen LogP contribution is -2.23. The summed E-state index contributed by atoms with van der Waals surface area (Å²) in [6.45, 7) is 3.56. The van der Waals surface area contributed by atoms with Gasteiger partial charge in [-0.3, -0.25) is 9.59 Å². The molecule has 0 atom stereocenters. The van der Waals surface area contributed by atoms with Crippen LogP contribution in [0.1, 0.15) is 41.3 Å². The predicted octanol–water partition coefficient (Wildman–Crippen LogP) is 3.30. The quantitative estimate of drug-likeness (QED) is 0.776. The van der Waals surface area contributed by atoms with Crippen LogP contribution in [0.25, 0.3) is 0 Å². The molecule has 2 aromatic carbocycles. The summed E-state index contributed by atoms with van der Waals surface area (Å²) in [5.74, 6) is 1.28. The first kappa shape index (κ1) is 18.0. The Morgan fingerprint density at radius 3 is 2.35 bits per heavy atom. The molecular formula is C21H23NO4. The number of amides is 1. The van der Waals surface area contributed by atoms with Gasteiger partial charge < -0.3 is 14.8 Å². The summed E-state index contributed by atoms with van der Waals surface area (Å²) in [7, 11) is 0. The number of rotatable bonds is 7. The van der Waals surface area contributed by atoms with Crippen molar-refractivity contribution in [2.24, 2.45) is 0 Å². The second-order valence-corrected chi connectivity index (χ2v) is 6.23. The maximum absolute atomic E-state index is 12.2. The summed E-state index contributed by atoms with van der Waals surface area (Å²) in [6.07, 6.45) is 1.33. The Balaban J connectivity index is 1.46. The number of hydrogen-bond acceptors (Lipinski definition) is 4. The number of Topliss-reactive ketones (excluding diaryl/α,β-unsaturated/α-hetero) is 1. The van der Waals surface area contributed by atoms with Gasteiger partial charge in [0.05, 0.1) is 0 Å². The normalized spacial score (nSPS) is 12.5. The van der Waals surface area contributed by atoms with E-state index in [4.69, 9.17) is 9.47 Å². The standard InChI is InChI=1S/C21H23NO4/c1-2-15-3-6-17(7-4-15)18(23)8-10-21(24)22-14-16-5-9-19-20(13-16)26-12-11-25-19/h3-7,9,13H,2,8,10-12,14H2,1H3,(H,22,24). The van der Waals surface area contributed by atoms with Crippen molar-refractivity contribution in [1.29, 1.82) is 0 Å². The van der Waals surface area contributed by atoms with Crippen LogP contribution in [-0.4, -0.2) is 24.9 Å². The largest absolute Gasteiger partial charge is 0.486 e. The molecule has 5 heteroatoms. The summed E-state index contributed by atoms with van der Waals surface area (Å²) in [4.78, 5) is 24.2. The first-order chi connectivity index (χ1) is 12.7. The highest BCUT2D eigenvalue weighted by atomic mass is 16.6. The predicted molar refractivity (Wildman–Crippen MR) is 98.7 cm³/mol. The topological polar surface area (TPSA) is 64.6 Å². The monoisotopic (exact) mass is 353 g/mol. The molecule has 1 amide bonds. The maximum Gasteiger partial charge on any atom is 0.220 e. The number of fused-ring (bicyclic) bond motifs is 1. The fourth-order valence-corrected chi connectivity index (χ4v) is 2.78. The second kappa shape index (κ2) is 8.52. The van der Waals surface area contributed by atoms with Crippen LogP contribution in [0.2, 0.25) is 0 Å². The van der Waals surface area contributed by atoms with Crippen molar-refractivity contribution in [3.05, 3.63) is 59.2 Å². The molecule has 0 aromatic heterocycles. The number of ketones is 1. The SMILES string of the molecule is CCc1ccc(C(=O)CCC(=O)NCc2ccc3c(c2)OCCO3)cc1. The molecule has 1 N–H and O–H groups in total. The van der Waals surface area contributed by atoms with Gasteiger partial charge in [-0.05, 0) is 29.7 Å². The zero-order valence-corrected chi connectivity index (χ0v) is 14.9. The van der Waals surface area contributed by atoms with Gasteiger partial charge in [-0.1, -0.05) is 37.3 Å². The van der Waals surface area contributed by atoms with Crippen LogP contribution in [0.4, 0.5) is 0 Å². The Kier molecular flexibility index (Phi) is 5.89. The number of nitrogens with one attached hydrogen (secondary N) is 1. The molecule has 0 spiro atoms. The summed E-state index contributed by atoms with van der Waals surface area (Å²) in [5, 5.41) is 2.84. The van der Waals surface area contributed by atoms with Crippen molar-refractivity contribution < 1.29 is 19.1 Å². The van der Waals surface area contributed by atoms with Gasteiger partial charge in [-0.15, -0.1) is 0 Å². The fraction of sp³-hybridized carbons (Fsp3) is 0.333. The molecule has 0 radical (unpaired) electrons. The average Bonchev–Trinajstić information content (AvgIpc) is 2.70. The fourth-order valence-electron chi connectivity index (χ4n) is 2.78. The summed E-state index contributed by atoms with van der Waals surface area (Å²) in [5.41, 5.74) is 2.78. The maximum atomic E-state index is 12.2. The second-order valence-electron chi connectivity index (χ2n) is 6.23. The van der Waals surface area contributed by atoms with E-state index in [1.807, 2.05) is 42.5 Å². The Bertz CT molecular complexity index is 783. The van der Waals surface area contributed by atoms with Crippen LogP contribution in [0.3, 0.4) is 0 Å². The molecule has 5 nitrogen and oxygen atoms in total. The van der Waals surface area contributed by atoms with Gasteiger partial charge in [-0.2, -0.15) is 0 Å². The molecule has 0 aliphatic carbocycles. The van der Waals surface area contributed by atoms with E-state index < -0.39 is 0 Å². The highest BCUT2D eigenvalue weighted by molar-refractivity contribution is 5.97. The molecule has 0 bridgehead atoms. The van der Waals surface area contributed by atoms with Gasteiger partial charge in [0.25, 0.3) is 0 Å². The third-order valence-electron chi connectivity index (χ3n) is 4.36. The molecular weight excluding hydrogens is 330 g/mol. The van der Waals surface area contributed by atoms with E-state index in [2.05, 4.69) is 12.2 Å². The summed E-state index contributed by atoms with van der Waals surface area (Å²) >= 11 is 0. The van der Waals surface area contributed by atoms with Crippen molar-refractivity contribution in [1.82, 2.24) is 5.32 Å². The number of benzene rings is 2. The van der Waals surface area contributed by atoms with E-state index in [0.717, 1.165) is 17.7 Å². The molecule has 1 aliphatic heterocycles. The first-order valence-corrected chi connectivity index (χ1v) is 8.93. The molecule has 0 saturated carbocycles. The molecule has 1 aliphatic rings. The van der Waals surface area contributed by atoms with Crippen LogP contribution in [0.5, 0.6) is 11.5 Å². The van der Waals surface area contributed by atoms with Gasteiger partial charge in [0.1, 0.15) is 13.2 Å². The Morgan fingerprint density at radius 2 is 1.62 bits per heavy atom. The van der Waals surface area contributed by atoms with E-state index >= 15 is 0 Å². The smallest absolute Gasteiger partial charge is 0.220 e. The Hall–Kier alpha value is -2.82. The van der Waals surface area contributed by atoms with Crippen LogP contribution in [0.15, 0.2) is 42.5 Å². The van der Waals surface area contributed by atoms with E-state index in [-0.39, 0.29) is 24.5 Å². The van der Waals surface area contributed by atoms with E-state index in [9.17, 15) is 9.59 Å². The summed E-state index contributed by atoms with van der Waals surface area (Å²) < 4.78 is 11.0. The zero-order valence-electron chi connectivity index (χ0n) is 14.9.